The van der Waals surface area contributed by atoms with Crippen LogP contribution in [0.5, 0.6) is 0 Å². The van der Waals surface area contributed by atoms with Gasteiger partial charge in [-0.1, -0.05) is 51.4 Å². The minimum atomic E-state index is -4.52. The first-order valence-corrected chi connectivity index (χ1v) is 15.9. The van der Waals surface area contributed by atoms with Gasteiger partial charge in [0.2, 0.25) is 5.91 Å². The summed E-state index contributed by atoms with van der Waals surface area (Å²) in [7, 11) is 1.74. The van der Waals surface area contributed by atoms with Crippen molar-refractivity contribution in [3.05, 3.63) is 0 Å². The molecule has 39 heavy (non-hydrogen) atoms. The van der Waals surface area contributed by atoms with Crippen molar-refractivity contribution in [2.24, 2.45) is 35.5 Å². The third kappa shape index (κ3) is 8.45. The number of hydrogen-bond donors (Lipinski definition) is 0. The maximum atomic E-state index is 13.9. The molecule has 4 fully saturated rings. The molecule has 4 unspecified atom stereocenters. The van der Waals surface area contributed by atoms with E-state index >= 15 is 0 Å². The molecule has 0 N–H and O–H groups in total. The number of nitrogens with zero attached hydrogens (tertiary/aromatic N) is 2. The van der Waals surface area contributed by atoms with Gasteiger partial charge in [0, 0.05) is 19.5 Å². The fourth-order valence-electron chi connectivity index (χ4n) is 8.30. The predicted octanol–water partition coefficient (Wildman–Crippen LogP) is 8.50. The van der Waals surface area contributed by atoms with Crippen molar-refractivity contribution in [1.82, 2.24) is 9.80 Å². The van der Waals surface area contributed by atoms with E-state index < -0.39 is 35.7 Å². The fourth-order valence-corrected chi connectivity index (χ4v) is 8.48. The summed E-state index contributed by atoms with van der Waals surface area (Å²) < 4.78 is 68.3. The molecule has 0 aromatic heterocycles. The lowest BCUT2D eigenvalue weighted by molar-refractivity contribution is -0.197. The zero-order valence-electron chi connectivity index (χ0n) is 23.5. The topological polar surface area (TPSA) is 23.6 Å². The van der Waals surface area contributed by atoms with E-state index in [0.29, 0.717) is 12.3 Å². The summed E-state index contributed by atoms with van der Waals surface area (Å²) in [5, 5.41) is -3.65. The van der Waals surface area contributed by atoms with Gasteiger partial charge in [0.25, 0.3) is 0 Å². The first-order chi connectivity index (χ1) is 18.4. The van der Waals surface area contributed by atoms with Gasteiger partial charge in [-0.25, -0.2) is 0 Å². The predicted molar refractivity (Wildman–Crippen MR) is 145 cm³/mol. The van der Waals surface area contributed by atoms with Crippen LogP contribution in [0.15, 0.2) is 0 Å². The molecule has 9 heteroatoms. The molecule has 4 aliphatic rings. The molecule has 0 aromatic carbocycles. The molecule has 1 aliphatic heterocycles. The average Bonchev–Trinajstić information content (AvgIpc) is 2.92. The minimum Gasteiger partial charge on any atom is -0.344 e. The first kappa shape index (κ1) is 31.3. The van der Waals surface area contributed by atoms with Gasteiger partial charge in [0.05, 0.1) is 12.0 Å². The van der Waals surface area contributed by atoms with Gasteiger partial charge in [-0.2, -0.15) is 22.0 Å². The standard InChI is InChI=1S/C30H48ClF5N2O/c1-37(15-12-21-18-25(29(31,32)33)20-26(19-21)30(34,35)36)28(39)27(24-10-6-3-7-11-24)38-16-13-23(14-17-38)22-8-4-2-5-9-22/h21-27H,2-20H2,1H3. The molecule has 1 heterocycles. The van der Waals surface area contributed by atoms with E-state index in [1.165, 1.54) is 38.5 Å². The highest BCUT2D eigenvalue weighted by Crippen LogP contribution is 2.49. The van der Waals surface area contributed by atoms with Crippen LogP contribution in [-0.2, 0) is 4.79 Å². The van der Waals surface area contributed by atoms with Crippen molar-refractivity contribution in [2.45, 2.75) is 120 Å². The van der Waals surface area contributed by atoms with Gasteiger partial charge >= 0.3 is 11.6 Å². The minimum absolute atomic E-state index is 0.0359. The van der Waals surface area contributed by atoms with E-state index in [1.54, 1.807) is 11.9 Å². The monoisotopic (exact) mass is 582 g/mol. The number of carbonyl (C=O) groups excluding carboxylic acids is 1. The van der Waals surface area contributed by atoms with Crippen LogP contribution in [0.3, 0.4) is 0 Å². The maximum absolute atomic E-state index is 13.9. The van der Waals surface area contributed by atoms with Crippen LogP contribution in [0.1, 0.15) is 103 Å². The van der Waals surface area contributed by atoms with Gasteiger partial charge in [0.1, 0.15) is 0 Å². The molecule has 3 aliphatic carbocycles. The van der Waals surface area contributed by atoms with Gasteiger partial charge in [0.15, 0.2) is 0 Å². The highest BCUT2D eigenvalue weighted by Gasteiger charge is 2.50. The Hall–Kier alpha value is -0.630. The van der Waals surface area contributed by atoms with Crippen LogP contribution in [0.4, 0.5) is 22.0 Å². The van der Waals surface area contributed by atoms with Crippen LogP contribution in [0.2, 0.25) is 0 Å². The van der Waals surface area contributed by atoms with Crippen LogP contribution in [0, 0.1) is 35.5 Å². The zero-order chi connectivity index (χ0) is 28.2. The van der Waals surface area contributed by atoms with Gasteiger partial charge in [-0.15, -0.1) is 0 Å². The molecule has 1 amide bonds. The Labute approximate surface area is 236 Å². The molecule has 0 radical (unpaired) electrons. The molecular weight excluding hydrogens is 535 g/mol. The molecule has 0 bridgehead atoms. The molecule has 3 saturated carbocycles. The number of hydrogen-bond acceptors (Lipinski definition) is 2. The highest BCUT2D eigenvalue weighted by atomic mass is 35.5. The van der Waals surface area contributed by atoms with E-state index in [-0.39, 0.29) is 31.3 Å². The van der Waals surface area contributed by atoms with Crippen molar-refractivity contribution in [1.29, 1.82) is 0 Å². The van der Waals surface area contributed by atoms with Crippen molar-refractivity contribution >= 4 is 17.5 Å². The molecular formula is C30H48ClF5N2O. The lowest BCUT2D eigenvalue weighted by atomic mass is 9.73. The number of amides is 1. The lowest BCUT2D eigenvalue weighted by Gasteiger charge is -2.44. The lowest BCUT2D eigenvalue weighted by Crippen LogP contribution is -2.54. The number of likely N-dealkylation sites (tertiary alicyclic amines) is 1. The van der Waals surface area contributed by atoms with Crippen LogP contribution < -0.4 is 0 Å². The largest absolute Gasteiger partial charge is 0.391 e. The Morgan fingerprint density at radius 3 is 1.92 bits per heavy atom. The second kappa shape index (κ2) is 13.6. The molecule has 226 valence electrons. The van der Waals surface area contributed by atoms with E-state index in [9.17, 15) is 26.7 Å². The average molecular weight is 583 g/mol. The third-order valence-corrected chi connectivity index (χ3v) is 10.9. The summed E-state index contributed by atoms with van der Waals surface area (Å²) in [4.78, 5) is 18.0. The zero-order valence-corrected chi connectivity index (χ0v) is 24.3. The van der Waals surface area contributed by atoms with Crippen LogP contribution >= 0.6 is 11.6 Å². The van der Waals surface area contributed by atoms with E-state index in [4.69, 9.17) is 11.6 Å². The Kier molecular flexibility index (Phi) is 10.9. The van der Waals surface area contributed by atoms with Gasteiger partial charge in [-0.3, -0.25) is 9.69 Å². The SMILES string of the molecule is CN(CCC1CC(C(F)(F)F)CC(C(F)(F)Cl)C1)C(=O)C(C1CCCCC1)N1CCC(C2CCCCC2)CC1. The molecule has 0 spiro atoms. The van der Waals surface area contributed by atoms with Crippen molar-refractivity contribution in [3.8, 4) is 0 Å². The highest BCUT2D eigenvalue weighted by molar-refractivity contribution is 6.21. The summed E-state index contributed by atoms with van der Waals surface area (Å²) in [5.41, 5.74) is 0. The fraction of sp³-hybridized carbons (Fsp3) is 0.967. The molecule has 4 rings (SSSR count). The second-order valence-electron chi connectivity index (χ2n) is 13.2. The van der Waals surface area contributed by atoms with E-state index in [2.05, 4.69) is 4.90 Å². The number of likely N-dealkylation sites (N-methyl/N-ethyl adjacent to an activating group) is 1. The molecule has 4 atom stereocenters. The Morgan fingerprint density at radius 2 is 1.36 bits per heavy atom. The summed E-state index contributed by atoms with van der Waals surface area (Å²) in [5.74, 6) is -1.85. The smallest absolute Gasteiger partial charge is 0.344 e. The van der Waals surface area contributed by atoms with Crippen molar-refractivity contribution in [3.63, 3.8) is 0 Å². The van der Waals surface area contributed by atoms with Crippen LogP contribution in [-0.4, -0.2) is 60.0 Å². The molecule has 0 aromatic rings. The number of piperidine rings is 1. The van der Waals surface area contributed by atoms with Gasteiger partial charge in [-0.05, 0) is 99.7 Å². The molecule has 3 nitrogen and oxygen atoms in total. The summed E-state index contributed by atoms with van der Waals surface area (Å²) in [6.45, 7) is 2.16. The summed E-state index contributed by atoms with van der Waals surface area (Å²) in [6, 6.07) is -0.184. The molecule has 1 saturated heterocycles. The van der Waals surface area contributed by atoms with Crippen molar-refractivity contribution in [2.75, 3.05) is 26.7 Å². The van der Waals surface area contributed by atoms with E-state index in [1.807, 2.05) is 0 Å². The maximum Gasteiger partial charge on any atom is 0.391 e. The Balaban J connectivity index is 1.37. The normalized spacial score (nSPS) is 30.3. The number of alkyl halides is 6. The summed E-state index contributed by atoms with van der Waals surface area (Å²) >= 11 is 5.21. The Bertz CT molecular complexity index is 748. The van der Waals surface area contributed by atoms with E-state index in [0.717, 1.165) is 63.5 Å². The second-order valence-corrected chi connectivity index (χ2v) is 13.7. The number of halogens is 6. The third-order valence-electron chi connectivity index (χ3n) is 10.6. The Morgan fingerprint density at radius 1 is 0.821 bits per heavy atom. The van der Waals surface area contributed by atoms with Crippen LogP contribution in [0.25, 0.3) is 0 Å². The first-order valence-electron chi connectivity index (χ1n) is 15.6. The quantitative estimate of drug-likeness (QED) is 0.212. The van der Waals surface area contributed by atoms with Gasteiger partial charge < -0.3 is 4.90 Å². The van der Waals surface area contributed by atoms with Crippen molar-refractivity contribution < 1.29 is 26.7 Å². The number of carbonyl (C=O) groups is 1. The summed E-state index contributed by atoms with van der Waals surface area (Å²) in [6.07, 6.45) is 9.46. The number of rotatable bonds is 8.